The third-order valence-electron chi connectivity index (χ3n) is 2.92. The van der Waals surface area contributed by atoms with Crippen molar-refractivity contribution in [1.82, 2.24) is 14.9 Å². The summed E-state index contributed by atoms with van der Waals surface area (Å²) in [6.45, 7) is 7.41. The van der Waals surface area contributed by atoms with Crippen LogP contribution in [-0.2, 0) is 13.0 Å². The first-order valence-electron chi connectivity index (χ1n) is 6.51. The maximum atomic E-state index is 4.39. The van der Waals surface area contributed by atoms with Gasteiger partial charge in [0.1, 0.15) is 5.82 Å². The van der Waals surface area contributed by atoms with E-state index in [1.165, 1.54) is 10.7 Å². The summed E-state index contributed by atoms with van der Waals surface area (Å²) in [6.07, 6.45) is 5.08. The van der Waals surface area contributed by atoms with Gasteiger partial charge in [-0.05, 0) is 17.9 Å². The van der Waals surface area contributed by atoms with Gasteiger partial charge in [0.2, 0.25) is 0 Å². The molecule has 0 amide bonds. The molecule has 0 spiro atoms. The number of hydrogen-bond donors (Lipinski definition) is 1. The van der Waals surface area contributed by atoms with E-state index in [9.17, 15) is 0 Å². The van der Waals surface area contributed by atoms with E-state index >= 15 is 0 Å². The first kappa shape index (κ1) is 13.3. The minimum Gasteiger partial charge on any atom is -0.333 e. The highest BCUT2D eigenvalue weighted by molar-refractivity contribution is 7.09. The van der Waals surface area contributed by atoms with Crippen LogP contribution >= 0.6 is 11.3 Å². The highest BCUT2D eigenvalue weighted by Crippen LogP contribution is 2.11. The molecule has 0 saturated carbocycles. The normalized spacial score (nSPS) is 11.3. The Bertz CT molecular complexity index is 445. The SMILES string of the molecule is CC(C)c1nccn1CCNCCc1cccs1. The number of rotatable bonds is 7. The van der Waals surface area contributed by atoms with E-state index in [2.05, 4.69) is 52.4 Å². The summed E-state index contributed by atoms with van der Waals surface area (Å²) in [6, 6.07) is 4.31. The third kappa shape index (κ3) is 3.68. The van der Waals surface area contributed by atoms with E-state index in [1.807, 2.05) is 17.5 Å². The van der Waals surface area contributed by atoms with E-state index in [-0.39, 0.29) is 0 Å². The molecule has 18 heavy (non-hydrogen) atoms. The quantitative estimate of drug-likeness (QED) is 0.778. The molecule has 0 atom stereocenters. The van der Waals surface area contributed by atoms with Gasteiger partial charge < -0.3 is 9.88 Å². The summed E-state index contributed by atoms with van der Waals surface area (Å²) in [7, 11) is 0. The lowest BCUT2D eigenvalue weighted by Crippen LogP contribution is -2.22. The molecule has 0 aromatic carbocycles. The Morgan fingerprint density at radius 2 is 2.28 bits per heavy atom. The number of aromatic nitrogens is 2. The first-order chi connectivity index (χ1) is 8.77. The number of nitrogens with one attached hydrogen (secondary N) is 1. The summed E-state index contributed by atoms with van der Waals surface area (Å²) in [5, 5.41) is 5.62. The van der Waals surface area contributed by atoms with Gasteiger partial charge in [-0.2, -0.15) is 0 Å². The highest BCUT2D eigenvalue weighted by Gasteiger charge is 2.05. The second-order valence-electron chi connectivity index (χ2n) is 4.71. The summed E-state index contributed by atoms with van der Waals surface area (Å²) in [5.41, 5.74) is 0. The molecule has 4 heteroatoms. The van der Waals surface area contributed by atoms with Crippen molar-refractivity contribution in [2.24, 2.45) is 0 Å². The summed E-state index contributed by atoms with van der Waals surface area (Å²) >= 11 is 1.83. The molecule has 0 aliphatic carbocycles. The maximum absolute atomic E-state index is 4.39. The molecular weight excluding hydrogens is 242 g/mol. The van der Waals surface area contributed by atoms with Crippen LogP contribution in [0.15, 0.2) is 29.9 Å². The zero-order chi connectivity index (χ0) is 12.8. The molecule has 2 rings (SSSR count). The van der Waals surface area contributed by atoms with Gasteiger partial charge in [0.05, 0.1) is 0 Å². The van der Waals surface area contributed by atoms with E-state index < -0.39 is 0 Å². The van der Waals surface area contributed by atoms with Crippen molar-refractivity contribution >= 4 is 11.3 Å². The van der Waals surface area contributed by atoms with E-state index in [1.54, 1.807) is 0 Å². The summed E-state index contributed by atoms with van der Waals surface area (Å²) < 4.78 is 2.24. The van der Waals surface area contributed by atoms with Crippen LogP contribution in [0.3, 0.4) is 0 Å². The molecule has 0 unspecified atom stereocenters. The Balaban J connectivity index is 1.67. The molecule has 3 nitrogen and oxygen atoms in total. The first-order valence-corrected chi connectivity index (χ1v) is 7.39. The molecule has 2 aromatic heterocycles. The Labute approximate surface area is 113 Å². The van der Waals surface area contributed by atoms with Crippen LogP contribution in [0.1, 0.15) is 30.5 Å². The second kappa shape index (κ2) is 6.71. The van der Waals surface area contributed by atoms with Crippen molar-refractivity contribution in [2.75, 3.05) is 13.1 Å². The Morgan fingerprint density at radius 3 is 3.00 bits per heavy atom. The lowest BCUT2D eigenvalue weighted by Gasteiger charge is -2.10. The standard InChI is InChI=1S/C14H21N3S/c1-12(2)14-16-8-10-17(14)9-7-15-6-5-13-4-3-11-18-13/h3-4,8,10-12,15H,5-7,9H2,1-2H3. The van der Waals surface area contributed by atoms with Crippen LogP contribution in [0.5, 0.6) is 0 Å². The topological polar surface area (TPSA) is 29.9 Å². The van der Waals surface area contributed by atoms with Gasteiger partial charge in [-0.1, -0.05) is 19.9 Å². The molecule has 98 valence electrons. The predicted molar refractivity (Wildman–Crippen MR) is 77.2 cm³/mol. The molecule has 0 fully saturated rings. The second-order valence-corrected chi connectivity index (χ2v) is 5.75. The van der Waals surface area contributed by atoms with Crippen molar-refractivity contribution in [1.29, 1.82) is 0 Å². The van der Waals surface area contributed by atoms with Crippen LogP contribution in [0, 0.1) is 0 Å². The zero-order valence-electron chi connectivity index (χ0n) is 11.1. The van der Waals surface area contributed by atoms with Gasteiger partial charge in [0.25, 0.3) is 0 Å². The largest absolute Gasteiger partial charge is 0.333 e. The lowest BCUT2D eigenvalue weighted by molar-refractivity contribution is 0.567. The summed E-state index contributed by atoms with van der Waals surface area (Å²) in [5.74, 6) is 1.67. The third-order valence-corrected chi connectivity index (χ3v) is 3.86. The van der Waals surface area contributed by atoms with Gasteiger partial charge in [0, 0.05) is 42.8 Å². The van der Waals surface area contributed by atoms with Crippen molar-refractivity contribution in [3.05, 3.63) is 40.6 Å². The maximum Gasteiger partial charge on any atom is 0.111 e. The Kier molecular flexibility index (Phi) is 4.96. The Hall–Kier alpha value is -1.13. The summed E-state index contributed by atoms with van der Waals surface area (Å²) in [4.78, 5) is 5.84. The van der Waals surface area contributed by atoms with Crippen LogP contribution in [0.2, 0.25) is 0 Å². The van der Waals surface area contributed by atoms with Crippen molar-refractivity contribution in [3.63, 3.8) is 0 Å². The smallest absolute Gasteiger partial charge is 0.111 e. The average molecular weight is 263 g/mol. The molecule has 0 saturated heterocycles. The van der Waals surface area contributed by atoms with E-state index in [0.29, 0.717) is 5.92 Å². The highest BCUT2D eigenvalue weighted by atomic mass is 32.1. The van der Waals surface area contributed by atoms with Crippen LogP contribution in [0.4, 0.5) is 0 Å². The molecule has 2 heterocycles. The fourth-order valence-corrected chi connectivity index (χ4v) is 2.71. The van der Waals surface area contributed by atoms with Gasteiger partial charge in [-0.15, -0.1) is 11.3 Å². The molecular formula is C14H21N3S. The fourth-order valence-electron chi connectivity index (χ4n) is 2.00. The van der Waals surface area contributed by atoms with E-state index in [4.69, 9.17) is 0 Å². The van der Waals surface area contributed by atoms with Crippen LogP contribution in [-0.4, -0.2) is 22.6 Å². The fraction of sp³-hybridized carbons (Fsp3) is 0.500. The number of imidazole rings is 1. The van der Waals surface area contributed by atoms with Gasteiger partial charge in [-0.3, -0.25) is 0 Å². The monoisotopic (exact) mass is 263 g/mol. The van der Waals surface area contributed by atoms with Gasteiger partial charge in [-0.25, -0.2) is 4.98 Å². The molecule has 0 aliphatic heterocycles. The Morgan fingerprint density at radius 1 is 1.39 bits per heavy atom. The van der Waals surface area contributed by atoms with Crippen molar-refractivity contribution < 1.29 is 0 Å². The lowest BCUT2D eigenvalue weighted by atomic mass is 10.2. The minimum absolute atomic E-state index is 0.492. The molecule has 0 aliphatic rings. The van der Waals surface area contributed by atoms with Gasteiger partial charge in [0.15, 0.2) is 0 Å². The predicted octanol–water partition coefficient (Wildman–Crippen LogP) is 2.90. The molecule has 2 aromatic rings. The van der Waals surface area contributed by atoms with E-state index in [0.717, 1.165) is 26.1 Å². The van der Waals surface area contributed by atoms with Crippen LogP contribution in [0.25, 0.3) is 0 Å². The van der Waals surface area contributed by atoms with Crippen LogP contribution < -0.4 is 5.32 Å². The zero-order valence-corrected chi connectivity index (χ0v) is 11.9. The molecule has 1 N–H and O–H groups in total. The average Bonchev–Trinajstić information content (AvgIpc) is 2.98. The minimum atomic E-state index is 0.492. The number of thiophene rings is 1. The number of hydrogen-bond acceptors (Lipinski definition) is 3. The molecule has 0 radical (unpaired) electrons. The van der Waals surface area contributed by atoms with Gasteiger partial charge >= 0.3 is 0 Å². The molecule has 0 bridgehead atoms. The number of nitrogens with zero attached hydrogens (tertiary/aromatic N) is 2. The van der Waals surface area contributed by atoms with Crippen molar-refractivity contribution in [3.8, 4) is 0 Å². The van der Waals surface area contributed by atoms with Crippen molar-refractivity contribution in [2.45, 2.75) is 32.7 Å².